The highest BCUT2D eigenvalue weighted by molar-refractivity contribution is 7.81. The Hall–Kier alpha value is -4.76. The maximum Gasteiger partial charge on any atom is 0.419 e. The van der Waals surface area contributed by atoms with E-state index in [9.17, 15) is 37.6 Å². The third-order valence-electron chi connectivity index (χ3n) is 12.0. The summed E-state index contributed by atoms with van der Waals surface area (Å²) in [5.74, 6) is -0.161. The molecule has 0 bridgehead atoms. The minimum absolute atomic E-state index is 0. The molecular formula is C42H47Cl2F3N8O5S. The summed E-state index contributed by atoms with van der Waals surface area (Å²) in [7, 11) is 0. The third-order valence-corrected chi connectivity index (χ3v) is 12.6. The topological polar surface area (TPSA) is 160 Å². The Labute approximate surface area is 368 Å². The largest absolute Gasteiger partial charge is 0.493 e. The molecule has 2 unspecified atom stereocenters. The summed E-state index contributed by atoms with van der Waals surface area (Å²) in [4.78, 5) is 60.1. The van der Waals surface area contributed by atoms with E-state index in [-0.39, 0.29) is 36.3 Å². The molecule has 1 saturated carbocycles. The molecule has 0 spiro atoms. The summed E-state index contributed by atoms with van der Waals surface area (Å²) >= 11 is 11.1. The zero-order valence-electron chi connectivity index (χ0n) is 33.8. The number of hydrogen-bond acceptors (Lipinski definition) is 11. The minimum atomic E-state index is -4.84. The lowest BCUT2D eigenvalue weighted by Crippen LogP contribution is -2.50. The van der Waals surface area contributed by atoms with Crippen molar-refractivity contribution >= 4 is 83.0 Å². The lowest BCUT2D eigenvalue weighted by atomic mass is 9.92. The van der Waals surface area contributed by atoms with Crippen LogP contribution in [-0.4, -0.2) is 75.8 Å². The molecule has 0 radical (unpaired) electrons. The van der Waals surface area contributed by atoms with Gasteiger partial charge in [0.05, 0.1) is 24.1 Å². The van der Waals surface area contributed by atoms with Gasteiger partial charge in [0.1, 0.15) is 28.9 Å². The first kappa shape index (κ1) is 45.8. The van der Waals surface area contributed by atoms with Gasteiger partial charge in [0.15, 0.2) is 11.2 Å². The molecule has 2 atom stereocenters. The van der Waals surface area contributed by atoms with E-state index in [1.807, 2.05) is 25.1 Å². The first-order valence-corrected chi connectivity index (χ1v) is 20.9. The molecule has 3 aliphatic heterocycles. The quantitative estimate of drug-likeness (QED) is 0.107. The van der Waals surface area contributed by atoms with Gasteiger partial charge in [-0.3, -0.25) is 34.3 Å². The highest BCUT2D eigenvalue weighted by atomic mass is 35.5. The highest BCUT2D eigenvalue weighted by Gasteiger charge is 2.55. The fourth-order valence-corrected chi connectivity index (χ4v) is 9.35. The fraction of sp³-hybridized carbons (Fsp3) is 0.476. The van der Waals surface area contributed by atoms with Crippen LogP contribution in [0.5, 0.6) is 5.75 Å². The number of carbonyl (C=O) groups excluding carboxylic acids is 4. The fourth-order valence-electron chi connectivity index (χ4n) is 8.45. The van der Waals surface area contributed by atoms with Crippen molar-refractivity contribution < 1.29 is 37.1 Å². The number of aromatic nitrogens is 1. The van der Waals surface area contributed by atoms with Gasteiger partial charge >= 0.3 is 6.18 Å². The number of pyridine rings is 1. The third kappa shape index (κ3) is 9.37. The van der Waals surface area contributed by atoms with E-state index in [0.29, 0.717) is 53.2 Å². The number of nitrogens with one attached hydrogen (secondary N) is 3. The Morgan fingerprint density at radius 2 is 1.77 bits per heavy atom. The van der Waals surface area contributed by atoms with E-state index in [2.05, 4.69) is 25.8 Å². The predicted octanol–water partition coefficient (Wildman–Crippen LogP) is 7.32. The molecule has 3 saturated heterocycles. The molecule has 3 aromatic rings. The molecule has 4 heterocycles. The molecule has 1 aliphatic carbocycles. The number of thiol groups is 1. The second-order valence-corrected chi connectivity index (χ2v) is 17.1. The zero-order chi connectivity index (χ0) is 43.1. The number of benzene rings is 2. The maximum absolute atomic E-state index is 13.8. The van der Waals surface area contributed by atoms with Gasteiger partial charge in [0.2, 0.25) is 17.7 Å². The summed E-state index contributed by atoms with van der Waals surface area (Å²) in [6.07, 6.45) is 1.61. The number of amides is 4. The van der Waals surface area contributed by atoms with Crippen molar-refractivity contribution in [3.8, 4) is 11.8 Å². The van der Waals surface area contributed by atoms with Crippen LogP contribution in [0.1, 0.15) is 82.5 Å². The Morgan fingerprint density at radius 1 is 1.07 bits per heavy atom. The van der Waals surface area contributed by atoms with E-state index in [0.717, 1.165) is 67.9 Å². The number of piperidine rings is 2. The zero-order valence-corrected chi connectivity index (χ0v) is 36.2. The highest BCUT2D eigenvalue weighted by Crippen LogP contribution is 2.46. The number of halogens is 5. The first-order valence-electron chi connectivity index (χ1n) is 20.0. The van der Waals surface area contributed by atoms with Gasteiger partial charge in [-0.15, -0.1) is 25.0 Å². The van der Waals surface area contributed by atoms with Crippen molar-refractivity contribution in [1.29, 1.82) is 5.26 Å². The van der Waals surface area contributed by atoms with Gasteiger partial charge in [-0.05, 0) is 126 Å². The molecule has 61 heavy (non-hydrogen) atoms. The minimum Gasteiger partial charge on any atom is -0.493 e. The summed E-state index contributed by atoms with van der Waals surface area (Å²) in [5.41, 5.74) is -2.23. The van der Waals surface area contributed by atoms with E-state index < -0.39 is 51.9 Å². The van der Waals surface area contributed by atoms with Crippen molar-refractivity contribution in [1.82, 2.24) is 15.2 Å². The molecule has 4 aliphatic rings. The van der Waals surface area contributed by atoms with Gasteiger partial charge in [0, 0.05) is 28.5 Å². The number of ether oxygens (including phenoxy) is 1. The van der Waals surface area contributed by atoms with Gasteiger partial charge in [-0.1, -0.05) is 18.5 Å². The smallest absolute Gasteiger partial charge is 0.419 e. The van der Waals surface area contributed by atoms with Gasteiger partial charge in [-0.2, -0.15) is 18.4 Å². The molecule has 1 aromatic heterocycles. The Bertz CT molecular complexity index is 2250. The molecule has 19 heteroatoms. The number of alkyl halides is 3. The van der Waals surface area contributed by atoms with Gasteiger partial charge < -0.3 is 20.3 Å². The van der Waals surface area contributed by atoms with Crippen LogP contribution < -0.4 is 30.5 Å². The van der Waals surface area contributed by atoms with Crippen LogP contribution >= 0.6 is 36.6 Å². The molecule has 4 fully saturated rings. The van der Waals surface area contributed by atoms with Crippen molar-refractivity contribution in [2.24, 2.45) is 5.92 Å². The summed E-state index contributed by atoms with van der Waals surface area (Å²) < 4.78 is 47.6. The van der Waals surface area contributed by atoms with Gasteiger partial charge in [0.25, 0.3) is 5.91 Å². The molecule has 2 aromatic carbocycles. The van der Waals surface area contributed by atoms with Crippen molar-refractivity contribution in [3.63, 3.8) is 0 Å². The average Bonchev–Trinajstić information content (AvgIpc) is 3.99. The lowest BCUT2D eigenvalue weighted by molar-refractivity contribution is -0.138. The maximum atomic E-state index is 13.8. The molecular weight excluding hydrogens is 856 g/mol. The molecule has 13 nitrogen and oxygen atoms in total. The number of rotatable bonds is 12. The summed E-state index contributed by atoms with van der Waals surface area (Å²) in [6.45, 7) is 7.37. The second kappa shape index (κ2) is 17.9. The van der Waals surface area contributed by atoms with Crippen LogP contribution in [-0.2, 0) is 31.8 Å². The van der Waals surface area contributed by atoms with E-state index in [4.69, 9.17) is 29.0 Å². The van der Waals surface area contributed by atoms with Crippen molar-refractivity contribution in [2.45, 2.75) is 101 Å². The summed E-state index contributed by atoms with van der Waals surface area (Å²) in [5, 5.41) is 18.1. The molecule has 4 amide bonds. The van der Waals surface area contributed by atoms with E-state index in [1.165, 1.54) is 6.07 Å². The van der Waals surface area contributed by atoms with E-state index in [1.54, 1.807) is 36.9 Å². The predicted molar refractivity (Wildman–Crippen MR) is 230 cm³/mol. The Morgan fingerprint density at radius 3 is 2.41 bits per heavy atom. The van der Waals surface area contributed by atoms with Crippen LogP contribution in [0.15, 0.2) is 48.7 Å². The number of anilines is 4. The van der Waals surface area contributed by atoms with Crippen LogP contribution in [0.3, 0.4) is 0 Å². The molecule has 7 rings (SSSR count). The molecule has 3 N–H and O–H groups in total. The Balaban J connectivity index is 0.00000622. The van der Waals surface area contributed by atoms with E-state index >= 15 is 0 Å². The number of nitriles is 1. The van der Waals surface area contributed by atoms with Gasteiger partial charge in [-0.25, -0.2) is 4.98 Å². The number of nitrogens with zero attached hydrogens (tertiary/aromatic N) is 5. The van der Waals surface area contributed by atoms with Crippen LogP contribution in [0, 0.1) is 17.2 Å². The second-order valence-electron chi connectivity index (χ2n) is 16.2. The van der Waals surface area contributed by atoms with Crippen LogP contribution in [0.2, 0.25) is 5.02 Å². The SMILES string of the molecule is CCc1cc(N2C(S)N(c3cnc(C#N)c(C(F)(F)F)c3)C(=O)C2(C)C)ccc1OCCC1CCN(C2(C(=O)Nc3cc(Cl)cc(NC4CCC(=O)NC4=O)c3)CC2)CC1.Cl. The summed E-state index contributed by atoms with van der Waals surface area (Å²) in [6, 6.07) is 12.3. The first-order chi connectivity index (χ1) is 28.4. The lowest BCUT2D eigenvalue weighted by Gasteiger charge is -2.37. The van der Waals surface area contributed by atoms with Crippen LogP contribution in [0.4, 0.5) is 35.9 Å². The molecule has 326 valence electrons. The number of imide groups is 1. The van der Waals surface area contributed by atoms with Crippen molar-refractivity contribution in [2.75, 3.05) is 40.1 Å². The standard InChI is InChI=1S/C42H46ClF3N8O5S.ClH/c1-4-25-17-29(54-39(60)53(38(58)40(54,2)3)30-21-31(42(44,45)46)33(22-47)48-23-30)5-7-34(25)59-16-11-24-9-14-52(15-10-24)41(12-13-41)37(57)50-28-19-26(43)18-27(20-28)49-32-6-8-35(55)51-36(32)56;/h5,7,17-21,23-24,32,39,49,60H,4,6,8-16H2,1-3H3,(H,50,57)(H,51,55,56);1H. The average molecular weight is 904 g/mol. The monoisotopic (exact) mass is 902 g/mol. The normalized spacial score (nSPS) is 21.3. The Kier molecular flexibility index (Phi) is 13.4. The number of aryl methyl sites for hydroxylation is 1. The number of hydrogen-bond donors (Lipinski definition) is 4. The number of likely N-dealkylation sites (tertiary alicyclic amines) is 1. The van der Waals surface area contributed by atoms with Crippen LogP contribution in [0.25, 0.3) is 0 Å². The van der Waals surface area contributed by atoms with Crippen molar-refractivity contribution in [3.05, 3.63) is 70.5 Å². The number of carbonyl (C=O) groups is 4.